The standard InChI is InChI=1S/C11H13FN2O3S/c12-9-1-3-10(4-2-9)13-11(15)14-5-7-18(16,17)8-6-14/h1-4H,5-8H2,(H,13,15). The van der Waals surface area contributed by atoms with Gasteiger partial charge in [-0.2, -0.15) is 0 Å². The molecule has 1 heterocycles. The minimum atomic E-state index is -3.00. The van der Waals surface area contributed by atoms with Gasteiger partial charge in [0, 0.05) is 18.8 Å². The molecular formula is C11H13FN2O3S. The molecule has 98 valence electrons. The number of anilines is 1. The SMILES string of the molecule is O=C(Nc1ccc(F)cc1)N1CCS(=O)(=O)CC1. The first-order valence-corrected chi connectivity index (χ1v) is 7.30. The van der Waals surface area contributed by atoms with Crippen LogP contribution in [0.3, 0.4) is 0 Å². The second-order valence-electron chi connectivity index (χ2n) is 4.08. The van der Waals surface area contributed by atoms with Crippen molar-refractivity contribution in [2.75, 3.05) is 29.9 Å². The first-order valence-electron chi connectivity index (χ1n) is 5.48. The fraction of sp³-hybridized carbons (Fsp3) is 0.364. The summed E-state index contributed by atoms with van der Waals surface area (Å²) in [4.78, 5) is 13.2. The molecule has 0 bridgehead atoms. The molecule has 1 aliphatic rings. The maximum atomic E-state index is 12.7. The monoisotopic (exact) mass is 272 g/mol. The fourth-order valence-electron chi connectivity index (χ4n) is 1.65. The van der Waals surface area contributed by atoms with Crippen LogP contribution in [0.15, 0.2) is 24.3 Å². The highest BCUT2D eigenvalue weighted by atomic mass is 32.2. The smallest absolute Gasteiger partial charge is 0.321 e. The van der Waals surface area contributed by atoms with E-state index in [0.29, 0.717) is 5.69 Å². The second kappa shape index (κ2) is 4.93. The molecule has 0 saturated carbocycles. The second-order valence-corrected chi connectivity index (χ2v) is 6.38. The van der Waals surface area contributed by atoms with Crippen LogP contribution in [0.25, 0.3) is 0 Å². The zero-order chi connectivity index (χ0) is 13.2. The predicted molar refractivity (Wildman–Crippen MR) is 65.6 cm³/mol. The van der Waals surface area contributed by atoms with Crippen LogP contribution in [0.2, 0.25) is 0 Å². The molecule has 1 saturated heterocycles. The number of rotatable bonds is 1. The van der Waals surface area contributed by atoms with Crippen molar-refractivity contribution >= 4 is 21.6 Å². The van der Waals surface area contributed by atoms with E-state index in [4.69, 9.17) is 0 Å². The van der Waals surface area contributed by atoms with Gasteiger partial charge in [-0.05, 0) is 24.3 Å². The summed E-state index contributed by atoms with van der Waals surface area (Å²) >= 11 is 0. The third-order valence-corrected chi connectivity index (χ3v) is 4.34. The molecule has 0 spiro atoms. The van der Waals surface area contributed by atoms with Crippen LogP contribution in [0.4, 0.5) is 14.9 Å². The number of nitrogens with zero attached hydrogens (tertiary/aromatic N) is 1. The summed E-state index contributed by atoms with van der Waals surface area (Å²) in [6.07, 6.45) is 0. The summed E-state index contributed by atoms with van der Waals surface area (Å²) in [5, 5.41) is 2.59. The Morgan fingerprint density at radius 1 is 1.17 bits per heavy atom. The molecule has 7 heteroatoms. The van der Waals surface area contributed by atoms with Gasteiger partial charge in [0.05, 0.1) is 11.5 Å². The van der Waals surface area contributed by atoms with Gasteiger partial charge in [-0.3, -0.25) is 0 Å². The lowest BCUT2D eigenvalue weighted by atomic mass is 10.3. The topological polar surface area (TPSA) is 66.5 Å². The number of hydrogen-bond acceptors (Lipinski definition) is 3. The van der Waals surface area contributed by atoms with Gasteiger partial charge in [0.25, 0.3) is 0 Å². The predicted octanol–water partition coefficient (Wildman–Crippen LogP) is 1.09. The number of nitrogens with one attached hydrogen (secondary N) is 1. The average molecular weight is 272 g/mol. The quantitative estimate of drug-likeness (QED) is 0.832. The zero-order valence-corrected chi connectivity index (χ0v) is 10.4. The number of sulfone groups is 1. The van der Waals surface area contributed by atoms with Crippen molar-refractivity contribution in [1.29, 1.82) is 0 Å². The van der Waals surface area contributed by atoms with Gasteiger partial charge >= 0.3 is 6.03 Å². The van der Waals surface area contributed by atoms with Crippen molar-refractivity contribution in [3.8, 4) is 0 Å². The van der Waals surface area contributed by atoms with Crippen molar-refractivity contribution in [3.05, 3.63) is 30.1 Å². The van der Waals surface area contributed by atoms with Crippen molar-refractivity contribution in [2.45, 2.75) is 0 Å². The van der Waals surface area contributed by atoms with E-state index in [1.165, 1.54) is 29.2 Å². The molecule has 1 aliphatic heterocycles. The average Bonchev–Trinajstić information content (AvgIpc) is 2.32. The Morgan fingerprint density at radius 3 is 2.28 bits per heavy atom. The van der Waals surface area contributed by atoms with E-state index < -0.39 is 9.84 Å². The van der Waals surface area contributed by atoms with Crippen LogP contribution in [-0.4, -0.2) is 43.9 Å². The minimum Gasteiger partial charge on any atom is -0.322 e. The molecular weight excluding hydrogens is 259 g/mol. The van der Waals surface area contributed by atoms with Gasteiger partial charge in [0.1, 0.15) is 5.82 Å². The highest BCUT2D eigenvalue weighted by Crippen LogP contribution is 2.11. The van der Waals surface area contributed by atoms with Crippen LogP contribution in [-0.2, 0) is 9.84 Å². The zero-order valence-electron chi connectivity index (χ0n) is 9.60. The van der Waals surface area contributed by atoms with E-state index >= 15 is 0 Å². The highest BCUT2D eigenvalue weighted by molar-refractivity contribution is 7.91. The number of halogens is 1. The van der Waals surface area contributed by atoms with E-state index in [1.54, 1.807) is 0 Å². The van der Waals surface area contributed by atoms with Gasteiger partial charge in [-0.1, -0.05) is 0 Å². The summed E-state index contributed by atoms with van der Waals surface area (Å²) in [6.45, 7) is 0.380. The maximum absolute atomic E-state index is 12.7. The highest BCUT2D eigenvalue weighted by Gasteiger charge is 2.24. The van der Waals surface area contributed by atoms with Crippen LogP contribution < -0.4 is 5.32 Å². The lowest BCUT2D eigenvalue weighted by Gasteiger charge is -2.26. The fourth-order valence-corrected chi connectivity index (χ4v) is 2.85. The maximum Gasteiger partial charge on any atom is 0.321 e. The lowest BCUT2D eigenvalue weighted by molar-refractivity contribution is 0.216. The molecule has 1 aromatic carbocycles. The van der Waals surface area contributed by atoms with Gasteiger partial charge in [0.2, 0.25) is 0 Å². The molecule has 5 nitrogen and oxygen atoms in total. The molecule has 0 aliphatic carbocycles. The molecule has 1 fully saturated rings. The van der Waals surface area contributed by atoms with E-state index in [0.717, 1.165) is 0 Å². The molecule has 2 amide bonds. The molecule has 1 aromatic rings. The van der Waals surface area contributed by atoms with Gasteiger partial charge in [0.15, 0.2) is 9.84 Å². The Hall–Kier alpha value is -1.63. The molecule has 2 rings (SSSR count). The van der Waals surface area contributed by atoms with Crippen molar-refractivity contribution < 1.29 is 17.6 Å². The van der Waals surface area contributed by atoms with Crippen molar-refractivity contribution in [2.24, 2.45) is 0 Å². The van der Waals surface area contributed by atoms with E-state index in [2.05, 4.69) is 5.32 Å². The molecule has 0 radical (unpaired) electrons. The largest absolute Gasteiger partial charge is 0.322 e. The van der Waals surface area contributed by atoms with E-state index in [-0.39, 0.29) is 36.4 Å². The number of carbonyl (C=O) groups is 1. The number of benzene rings is 1. The van der Waals surface area contributed by atoms with Gasteiger partial charge in [-0.25, -0.2) is 17.6 Å². The van der Waals surface area contributed by atoms with Crippen molar-refractivity contribution in [1.82, 2.24) is 4.90 Å². The van der Waals surface area contributed by atoms with Crippen LogP contribution in [0.1, 0.15) is 0 Å². The molecule has 18 heavy (non-hydrogen) atoms. The molecule has 0 atom stereocenters. The summed E-state index contributed by atoms with van der Waals surface area (Å²) in [5.41, 5.74) is 0.481. The summed E-state index contributed by atoms with van der Waals surface area (Å²) in [5.74, 6) is -0.398. The summed E-state index contributed by atoms with van der Waals surface area (Å²) < 4.78 is 35.1. The Balaban J connectivity index is 1.95. The van der Waals surface area contributed by atoms with Crippen LogP contribution in [0, 0.1) is 5.82 Å². The van der Waals surface area contributed by atoms with Gasteiger partial charge < -0.3 is 10.2 Å². The minimum absolute atomic E-state index is 0.0101. The number of hydrogen-bond donors (Lipinski definition) is 1. The first-order chi connectivity index (χ1) is 8.46. The van der Waals surface area contributed by atoms with Crippen LogP contribution >= 0.6 is 0 Å². The van der Waals surface area contributed by atoms with E-state index in [1.807, 2.05) is 0 Å². The Kier molecular flexibility index (Phi) is 3.51. The summed E-state index contributed by atoms with van der Waals surface area (Å²) in [7, 11) is -3.00. The molecule has 0 unspecified atom stereocenters. The molecule has 0 aromatic heterocycles. The normalized spacial score (nSPS) is 18.4. The third-order valence-electron chi connectivity index (χ3n) is 2.73. The van der Waals surface area contributed by atoms with E-state index in [9.17, 15) is 17.6 Å². The molecule has 1 N–H and O–H groups in total. The first kappa shape index (κ1) is 12.8. The number of carbonyl (C=O) groups excluding carboxylic acids is 1. The summed E-state index contributed by atoms with van der Waals surface area (Å²) in [6, 6.07) is 5.03. The van der Waals surface area contributed by atoms with Crippen molar-refractivity contribution in [3.63, 3.8) is 0 Å². The lowest BCUT2D eigenvalue weighted by Crippen LogP contribution is -2.45. The van der Waals surface area contributed by atoms with Gasteiger partial charge in [-0.15, -0.1) is 0 Å². The Bertz CT molecular complexity index is 528. The Morgan fingerprint density at radius 2 is 1.72 bits per heavy atom. The van der Waals surface area contributed by atoms with Crippen LogP contribution in [0.5, 0.6) is 0 Å². The third kappa shape index (κ3) is 3.19. The number of amides is 2. The number of urea groups is 1. The Labute approximate surface area is 105 Å².